The molecule has 3 amide bonds. The van der Waals surface area contributed by atoms with Crippen LogP contribution < -0.4 is 10.6 Å². The molecule has 0 bridgehead atoms. The highest BCUT2D eigenvalue weighted by atomic mass is 32.1. The van der Waals surface area contributed by atoms with Crippen LogP contribution in [-0.2, 0) is 20.9 Å². The Morgan fingerprint density at radius 2 is 1.80 bits per heavy atom. The van der Waals surface area contributed by atoms with Crippen LogP contribution >= 0.6 is 11.3 Å². The fourth-order valence-corrected chi connectivity index (χ4v) is 5.43. The molecule has 7 nitrogen and oxygen atoms in total. The second-order valence-electron chi connectivity index (χ2n) is 11.1. The summed E-state index contributed by atoms with van der Waals surface area (Å²) in [5.41, 5.74) is 3.51. The number of carbonyl (C=O) groups is 3. The van der Waals surface area contributed by atoms with Crippen molar-refractivity contribution in [3.63, 3.8) is 0 Å². The van der Waals surface area contributed by atoms with Crippen molar-refractivity contribution in [1.29, 1.82) is 0 Å². The van der Waals surface area contributed by atoms with E-state index in [0.29, 0.717) is 25.9 Å². The maximum absolute atomic E-state index is 14.3. The molecule has 1 aromatic carbocycles. The number of hydrogen-bond donors (Lipinski definition) is 2. The Hall–Kier alpha value is -2.81. The van der Waals surface area contributed by atoms with E-state index in [-0.39, 0.29) is 24.7 Å². The summed E-state index contributed by atoms with van der Waals surface area (Å²) in [6, 6.07) is 4.63. The molecule has 222 valence electrons. The average Bonchev–Trinajstić information content (AvgIpc) is 3.30. The van der Waals surface area contributed by atoms with Gasteiger partial charge in [0.2, 0.25) is 11.8 Å². The largest absolute Gasteiger partial charge is 0.350 e. The van der Waals surface area contributed by atoms with Crippen LogP contribution in [0.2, 0.25) is 0 Å². The molecule has 1 saturated carbocycles. The Morgan fingerprint density at radius 1 is 1.15 bits per heavy atom. The molecule has 1 aliphatic heterocycles. The van der Waals surface area contributed by atoms with Crippen LogP contribution in [0.4, 0.5) is 4.39 Å². The predicted molar refractivity (Wildman–Crippen MR) is 161 cm³/mol. The van der Waals surface area contributed by atoms with E-state index in [0.717, 1.165) is 27.3 Å². The number of carbonyl (C=O) groups excluding carboxylic acids is 3. The fraction of sp³-hybridized carbons (Fsp3) is 0.613. The molecular formula is C31H47FN4O3S. The quantitative estimate of drug-likeness (QED) is 0.417. The van der Waals surface area contributed by atoms with E-state index in [9.17, 15) is 18.8 Å². The standard InChI is InChI=1S/C27H35FN4O3S.2C2H6/c1-16-13-18(21-17(2)30-15-36-21)8-9-19(16)14-29-23(33)20-7-6-12-32(20)24(34)22(26(3,4)5)31-25(35)27(28)10-11-27;2*1-2/h8-9,13,15,20,22H,6-7,10-12,14H2,1-5H3,(H,29,33)(H,31,35);2*1-2H3. The molecule has 1 aromatic heterocycles. The highest BCUT2D eigenvalue weighted by molar-refractivity contribution is 7.13. The van der Waals surface area contributed by atoms with Gasteiger partial charge in [-0.15, -0.1) is 11.3 Å². The van der Waals surface area contributed by atoms with Crippen molar-refractivity contribution < 1.29 is 18.8 Å². The molecule has 1 saturated heterocycles. The molecule has 2 aliphatic rings. The van der Waals surface area contributed by atoms with E-state index in [4.69, 9.17) is 0 Å². The Bertz CT molecular complexity index is 1170. The van der Waals surface area contributed by atoms with Gasteiger partial charge in [0.1, 0.15) is 12.1 Å². The summed E-state index contributed by atoms with van der Waals surface area (Å²) in [7, 11) is 0. The number of benzene rings is 1. The van der Waals surface area contributed by atoms with Gasteiger partial charge in [-0.3, -0.25) is 14.4 Å². The molecule has 40 heavy (non-hydrogen) atoms. The number of halogens is 1. The summed E-state index contributed by atoms with van der Waals surface area (Å²) < 4.78 is 14.3. The van der Waals surface area contributed by atoms with Crippen LogP contribution in [0, 0.1) is 19.3 Å². The van der Waals surface area contributed by atoms with E-state index in [1.807, 2.05) is 80.0 Å². The zero-order chi connectivity index (χ0) is 30.3. The maximum Gasteiger partial charge on any atom is 0.258 e. The van der Waals surface area contributed by atoms with Crippen LogP contribution in [0.3, 0.4) is 0 Å². The summed E-state index contributed by atoms with van der Waals surface area (Å²) >= 11 is 1.60. The first kappa shape index (κ1) is 33.4. The Labute approximate surface area is 243 Å². The van der Waals surface area contributed by atoms with Crippen LogP contribution in [0.25, 0.3) is 10.4 Å². The van der Waals surface area contributed by atoms with Gasteiger partial charge in [0.15, 0.2) is 5.67 Å². The van der Waals surface area contributed by atoms with Crippen molar-refractivity contribution in [3.8, 4) is 10.4 Å². The minimum Gasteiger partial charge on any atom is -0.350 e. The smallest absolute Gasteiger partial charge is 0.258 e. The highest BCUT2D eigenvalue weighted by Crippen LogP contribution is 2.40. The zero-order valence-electron chi connectivity index (χ0n) is 25.6. The molecule has 2 N–H and O–H groups in total. The average molecular weight is 575 g/mol. The number of rotatable bonds is 7. The summed E-state index contributed by atoms with van der Waals surface area (Å²) in [6.07, 6.45) is 1.62. The van der Waals surface area contributed by atoms with E-state index in [1.54, 1.807) is 16.2 Å². The molecule has 1 aliphatic carbocycles. The van der Waals surface area contributed by atoms with Crippen molar-refractivity contribution in [1.82, 2.24) is 20.5 Å². The Balaban J connectivity index is 0.00000134. The summed E-state index contributed by atoms with van der Waals surface area (Å²) in [5, 5.41) is 5.64. The van der Waals surface area contributed by atoms with Crippen molar-refractivity contribution in [2.24, 2.45) is 5.41 Å². The second-order valence-corrected chi connectivity index (χ2v) is 11.9. The minimum absolute atomic E-state index is 0.183. The first-order chi connectivity index (χ1) is 18.9. The predicted octanol–water partition coefficient (Wildman–Crippen LogP) is 6.12. The molecular weight excluding hydrogens is 527 g/mol. The number of amides is 3. The third-order valence-electron chi connectivity index (χ3n) is 7.13. The third kappa shape index (κ3) is 7.89. The van der Waals surface area contributed by atoms with Gasteiger partial charge >= 0.3 is 0 Å². The van der Waals surface area contributed by atoms with E-state index in [1.165, 1.54) is 0 Å². The normalized spacial score (nSPS) is 17.9. The Kier molecular flexibility index (Phi) is 11.9. The molecule has 9 heteroatoms. The lowest BCUT2D eigenvalue weighted by molar-refractivity contribution is -0.144. The highest BCUT2D eigenvalue weighted by Gasteiger charge is 2.53. The van der Waals surface area contributed by atoms with Crippen molar-refractivity contribution in [3.05, 3.63) is 40.5 Å². The zero-order valence-corrected chi connectivity index (χ0v) is 26.4. The first-order valence-electron chi connectivity index (χ1n) is 14.5. The molecule has 2 heterocycles. The van der Waals surface area contributed by atoms with Gasteiger partial charge in [-0.25, -0.2) is 9.37 Å². The lowest BCUT2D eigenvalue weighted by Gasteiger charge is -2.35. The summed E-state index contributed by atoms with van der Waals surface area (Å²) in [6.45, 7) is 18.3. The first-order valence-corrected chi connectivity index (χ1v) is 15.4. The van der Waals surface area contributed by atoms with Gasteiger partial charge in [0, 0.05) is 13.1 Å². The van der Waals surface area contributed by atoms with Crippen LogP contribution in [0.5, 0.6) is 0 Å². The van der Waals surface area contributed by atoms with Gasteiger partial charge < -0.3 is 15.5 Å². The van der Waals surface area contributed by atoms with Crippen LogP contribution in [0.1, 0.15) is 91.0 Å². The van der Waals surface area contributed by atoms with Crippen molar-refractivity contribution in [2.45, 2.75) is 112 Å². The third-order valence-corrected chi connectivity index (χ3v) is 8.10. The molecule has 2 fully saturated rings. The number of thiazole rings is 1. The summed E-state index contributed by atoms with van der Waals surface area (Å²) in [4.78, 5) is 46.0. The van der Waals surface area contributed by atoms with Gasteiger partial charge in [-0.05, 0) is 61.6 Å². The Morgan fingerprint density at radius 3 is 2.33 bits per heavy atom. The summed E-state index contributed by atoms with van der Waals surface area (Å²) in [5.74, 6) is -1.28. The molecule has 4 rings (SSSR count). The molecule has 0 radical (unpaired) electrons. The fourth-order valence-electron chi connectivity index (χ4n) is 4.63. The molecule has 2 aromatic rings. The van der Waals surface area contributed by atoms with Crippen molar-refractivity contribution in [2.75, 3.05) is 6.54 Å². The number of aryl methyl sites for hydroxylation is 2. The topological polar surface area (TPSA) is 91.4 Å². The van der Waals surface area contributed by atoms with Crippen LogP contribution in [-0.4, -0.2) is 51.9 Å². The number of hydrogen-bond acceptors (Lipinski definition) is 5. The second kappa shape index (κ2) is 14.2. The van der Waals surface area contributed by atoms with E-state index in [2.05, 4.69) is 21.7 Å². The molecule has 0 spiro atoms. The van der Waals surface area contributed by atoms with Gasteiger partial charge in [-0.2, -0.15) is 0 Å². The number of nitrogens with zero attached hydrogens (tertiary/aromatic N) is 2. The van der Waals surface area contributed by atoms with Gasteiger partial charge in [-0.1, -0.05) is 66.7 Å². The van der Waals surface area contributed by atoms with Crippen LogP contribution in [0.15, 0.2) is 23.7 Å². The molecule has 2 atom stereocenters. The SMILES string of the molecule is CC.CC.Cc1cc(-c2scnc2C)ccc1CNC(=O)C1CCCN1C(=O)C(NC(=O)C1(F)CC1)C(C)(C)C. The number of aromatic nitrogens is 1. The lowest BCUT2D eigenvalue weighted by Crippen LogP contribution is -2.58. The van der Waals surface area contributed by atoms with Gasteiger partial charge in [0.05, 0.1) is 16.1 Å². The number of nitrogens with one attached hydrogen (secondary N) is 2. The molecule has 2 unspecified atom stereocenters. The van der Waals surface area contributed by atoms with Crippen molar-refractivity contribution >= 4 is 29.1 Å². The number of likely N-dealkylation sites (tertiary alicyclic amines) is 1. The lowest BCUT2D eigenvalue weighted by atomic mass is 9.85. The van der Waals surface area contributed by atoms with E-state index < -0.39 is 29.1 Å². The number of alkyl halides is 1. The monoisotopic (exact) mass is 574 g/mol. The maximum atomic E-state index is 14.3. The minimum atomic E-state index is -1.86. The van der Waals surface area contributed by atoms with Gasteiger partial charge in [0.25, 0.3) is 5.91 Å². The van der Waals surface area contributed by atoms with E-state index >= 15 is 0 Å².